The molecule has 0 aromatic heterocycles. The molecule has 27 heavy (non-hydrogen) atoms. The van der Waals surface area contributed by atoms with Crippen LogP contribution in [0, 0.1) is 17.7 Å². The summed E-state index contributed by atoms with van der Waals surface area (Å²) in [7, 11) is -3.83. The minimum Gasteiger partial charge on any atom is -0.455 e. The summed E-state index contributed by atoms with van der Waals surface area (Å²) in [5.74, 6) is -1.20. The van der Waals surface area contributed by atoms with Gasteiger partial charge in [0.05, 0.1) is 15.8 Å². The smallest absolute Gasteiger partial charge is 0.309 e. The fourth-order valence-corrected chi connectivity index (χ4v) is 4.64. The lowest BCUT2D eigenvalue weighted by atomic mass is 10.3. The van der Waals surface area contributed by atoms with Gasteiger partial charge >= 0.3 is 5.97 Å². The second-order valence-corrected chi connectivity index (χ2v) is 9.13. The molecule has 2 aliphatic rings. The Labute approximate surface area is 162 Å². The Morgan fingerprint density at radius 2 is 1.89 bits per heavy atom. The van der Waals surface area contributed by atoms with E-state index in [2.05, 4.69) is 0 Å². The van der Waals surface area contributed by atoms with Crippen LogP contribution in [0.1, 0.15) is 13.3 Å². The van der Waals surface area contributed by atoms with E-state index < -0.39 is 15.8 Å². The monoisotopic (exact) mass is 418 g/mol. The summed E-state index contributed by atoms with van der Waals surface area (Å²) in [6.45, 7) is 2.17. The third-order valence-corrected chi connectivity index (χ3v) is 7.05. The number of hydrogen-bond donors (Lipinski definition) is 0. The maximum atomic E-state index is 13.3. The van der Waals surface area contributed by atoms with Gasteiger partial charge in [0.15, 0.2) is 6.61 Å². The largest absolute Gasteiger partial charge is 0.455 e. The lowest BCUT2D eigenvalue weighted by Gasteiger charge is -2.33. The minimum atomic E-state index is -3.83. The molecule has 1 saturated carbocycles. The van der Waals surface area contributed by atoms with Gasteiger partial charge < -0.3 is 9.64 Å². The fraction of sp³-hybridized carbons (Fsp3) is 0.529. The number of carbonyl (C=O) groups is 2. The van der Waals surface area contributed by atoms with E-state index in [0.29, 0.717) is 5.92 Å². The first-order valence-electron chi connectivity index (χ1n) is 8.60. The molecule has 1 aromatic carbocycles. The quantitative estimate of drug-likeness (QED) is 0.677. The first-order chi connectivity index (χ1) is 12.7. The fourth-order valence-electron chi connectivity index (χ4n) is 2.95. The van der Waals surface area contributed by atoms with Crippen LogP contribution < -0.4 is 0 Å². The number of sulfonamides is 1. The number of nitrogens with zero attached hydrogens (tertiary/aromatic N) is 2. The average Bonchev–Trinajstić information content (AvgIpc) is 3.38. The lowest BCUT2D eigenvalue weighted by Crippen LogP contribution is -2.51. The average molecular weight is 419 g/mol. The molecule has 1 aliphatic heterocycles. The van der Waals surface area contributed by atoms with Crippen molar-refractivity contribution < 1.29 is 27.1 Å². The molecule has 148 valence electrons. The highest BCUT2D eigenvalue weighted by Crippen LogP contribution is 2.38. The Hall–Kier alpha value is -1.71. The molecule has 1 heterocycles. The van der Waals surface area contributed by atoms with Gasteiger partial charge in [-0.2, -0.15) is 4.31 Å². The zero-order chi connectivity index (χ0) is 19.8. The second-order valence-electron chi connectivity index (χ2n) is 6.79. The molecule has 1 saturated heterocycles. The van der Waals surface area contributed by atoms with E-state index in [1.54, 1.807) is 0 Å². The molecular formula is C17H20ClFN2O5S. The van der Waals surface area contributed by atoms with Crippen LogP contribution in [0.15, 0.2) is 23.1 Å². The first kappa shape index (κ1) is 20.0. The number of piperazine rings is 1. The van der Waals surface area contributed by atoms with E-state index in [4.69, 9.17) is 16.3 Å². The van der Waals surface area contributed by atoms with E-state index in [-0.39, 0.29) is 60.5 Å². The molecule has 0 spiro atoms. The van der Waals surface area contributed by atoms with Crippen molar-refractivity contribution in [1.29, 1.82) is 0 Å². The molecule has 0 unspecified atom stereocenters. The molecule has 10 heteroatoms. The van der Waals surface area contributed by atoms with Gasteiger partial charge in [-0.05, 0) is 30.5 Å². The Morgan fingerprint density at radius 3 is 2.44 bits per heavy atom. The number of ether oxygens (including phenoxy) is 1. The summed E-state index contributed by atoms with van der Waals surface area (Å²) in [5, 5.41) is -0.267. The van der Waals surface area contributed by atoms with Crippen molar-refractivity contribution in [2.45, 2.75) is 18.2 Å². The standard InChI is InChI=1S/C17H20ClFN2O5S/c1-11-8-13(11)17(23)26-10-16(22)20-4-6-21(7-5-20)27(24,25)12-2-3-15(19)14(18)9-12/h2-3,9,11,13H,4-8,10H2,1H3/t11-,13+/m1/s1. The number of benzene rings is 1. The first-order valence-corrected chi connectivity index (χ1v) is 10.4. The normalized spacial score (nSPS) is 23.1. The van der Waals surface area contributed by atoms with Crippen molar-refractivity contribution in [3.8, 4) is 0 Å². The van der Waals surface area contributed by atoms with Gasteiger partial charge in [0.25, 0.3) is 5.91 Å². The van der Waals surface area contributed by atoms with Crippen LogP contribution in [0.3, 0.4) is 0 Å². The highest BCUT2D eigenvalue weighted by atomic mass is 35.5. The van der Waals surface area contributed by atoms with E-state index in [9.17, 15) is 22.4 Å². The maximum absolute atomic E-state index is 13.3. The number of amides is 1. The predicted molar refractivity (Wildman–Crippen MR) is 95.0 cm³/mol. The van der Waals surface area contributed by atoms with E-state index in [1.807, 2.05) is 6.92 Å². The van der Waals surface area contributed by atoms with Crippen LogP contribution in [0.4, 0.5) is 4.39 Å². The molecule has 0 bridgehead atoms. The third kappa shape index (κ3) is 4.41. The van der Waals surface area contributed by atoms with Crippen LogP contribution in [0.25, 0.3) is 0 Å². The van der Waals surface area contributed by atoms with Crippen LogP contribution >= 0.6 is 11.6 Å². The number of carbonyl (C=O) groups excluding carboxylic acids is 2. The van der Waals surface area contributed by atoms with Crippen molar-refractivity contribution in [3.63, 3.8) is 0 Å². The van der Waals surface area contributed by atoms with E-state index >= 15 is 0 Å². The summed E-state index contributed by atoms with van der Waals surface area (Å²) >= 11 is 5.67. The zero-order valence-electron chi connectivity index (χ0n) is 14.7. The van der Waals surface area contributed by atoms with Gasteiger partial charge in [-0.15, -0.1) is 0 Å². The molecule has 0 N–H and O–H groups in total. The third-order valence-electron chi connectivity index (χ3n) is 4.87. The highest BCUT2D eigenvalue weighted by Gasteiger charge is 2.41. The molecular weight excluding hydrogens is 399 g/mol. The van der Waals surface area contributed by atoms with Gasteiger partial charge in [-0.3, -0.25) is 9.59 Å². The van der Waals surface area contributed by atoms with Gasteiger partial charge in [-0.25, -0.2) is 12.8 Å². The van der Waals surface area contributed by atoms with Crippen LogP contribution in [0.2, 0.25) is 5.02 Å². The van der Waals surface area contributed by atoms with Gasteiger partial charge in [-0.1, -0.05) is 18.5 Å². The Balaban J connectivity index is 1.53. The molecule has 2 atom stereocenters. The maximum Gasteiger partial charge on any atom is 0.309 e. The highest BCUT2D eigenvalue weighted by molar-refractivity contribution is 7.89. The van der Waals surface area contributed by atoms with E-state index in [1.165, 1.54) is 9.21 Å². The molecule has 1 aliphatic carbocycles. The van der Waals surface area contributed by atoms with Gasteiger partial charge in [0, 0.05) is 26.2 Å². The summed E-state index contributed by atoms with van der Waals surface area (Å²) in [4.78, 5) is 25.2. The number of halogens is 2. The second kappa shape index (κ2) is 7.73. The Bertz CT molecular complexity index is 855. The lowest BCUT2D eigenvalue weighted by molar-refractivity contribution is -0.153. The summed E-state index contributed by atoms with van der Waals surface area (Å²) in [6, 6.07) is 3.23. The summed E-state index contributed by atoms with van der Waals surface area (Å²) < 4.78 is 44.8. The minimum absolute atomic E-state index is 0.0939. The summed E-state index contributed by atoms with van der Waals surface area (Å²) in [5.41, 5.74) is 0. The van der Waals surface area contributed by atoms with Gasteiger partial charge in [0.1, 0.15) is 5.82 Å². The Morgan fingerprint density at radius 1 is 1.26 bits per heavy atom. The van der Waals surface area contributed by atoms with E-state index in [0.717, 1.165) is 24.6 Å². The van der Waals surface area contributed by atoms with Gasteiger partial charge in [0.2, 0.25) is 10.0 Å². The Kier molecular flexibility index (Phi) is 5.73. The van der Waals surface area contributed by atoms with Crippen LogP contribution in [-0.4, -0.2) is 62.3 Å². The van der Waals surface area contributed by atoms with Crippen molar-refractivity contribution in [1.82, 2.24) is 9.21 Å². The number of esters is 1. The molecule has 1 amide bonds. The molecule has 2 fully saturated rings. The van der Waals surface area contributed by atoms with Crippen molar-refractivity contribution >= 4 is 33.5 Å². The van der Waals surface area contributed by atoms with Crippen molar-refractivity contribution in [3.05, 3.63) is 29.0 Å². The SMILES string of the molecule is C[C@@H]1C[C@@H]1C(=O)OCC(=O)N1CCN(S(=O)(=O)c2ccc(F)c(Cl)c2)CC1. The summed E-state index contributed by atoms with van der Waals surface area (Å²) in [6.07, 6.45) is 0.789. The molecule has 3 rings (SSSR count). The topological polar surface area (TPSA) is 84.0 Å². The predicted octanol–water partition coefficient (Wildman–Crippen LogP) is 1.51. The number of hydrogen-bond acceptors (Lipinski definition) is 5. The number of rotatable bonds is 5. The van der Waals surface area contributed by atoms with Crippen molar-refractivity contribution in [2.24, 2.45) is 11.8 Å². The van der Waals surface area contributed by atoms with Crippen LogP contribution in [-0.2, 0) is 24.3 Å². The molecule has 1 aromatic rings. The van der Waals surface area contributed by atoms with Crippen LogP contribution in [0.5, 0.6) is 0 Å². The molecule has 0 radical (unpaired) electrons. The molecule has 7 nitrogen and oxygen atoms in total. The zero-order valence-corrected chi connectivity index (χ0v) is 16.3. The van der Waals surface area contributed by atoms with Crippen molar-refractivity contribution in [2.75, 3.05) is 32.8 Å².